The molecule has 0 saturated heterocycles. The number of hydrogen-bond donors (Lipinski definition) is 0. The molecule has 0 amide bonds. The van der Waals surface area contributed by atoms with Gasteiger partial charge in [-0.15, -0.1) is 0 Å². The van der Waals surface area contributed by atoms with E-state index in [2.05, 4.69) is 221 Å². The number of benzene rings is 9. The normalized spacial score (nSPS) is 11.3. The number of fused-ring (bicyclic) bond motifs is 2. The second-order valence-corrected chi connectivity index (χ2v) is 16.9. The van der Waals surface area contributed by atoms with E-state index >= 15 is 0 Å². The zero-order valence-corrected chi connectivity index (χ0v) is 37.1. The zero-order chi connectivity index (χ0) is 43.9. The molecule has 0 fully saturated rings. The lowest BCUT2D eigenvalue weighted by Gasteiger charge is -2.32. The van der Waals surface area contributed by atoms with Crippen LogP contribution in [0, 0.1) is 41.5 Å². The number of rotatable bonds is 9. The Morgan fingerprint density at radius 2 is 0.828 bits per heavy atom. The fourth-order valence-corrected chi connectivity index (χ4v) is 9.61. The molecular weight excluding hydrogens is 779 g/mol. The summed E-state index contributed by atoms with van der Waals surface area (Å²) in [6, 6.07) is 66.7. The SMILES string of the molecule is Cc1cc(C)c(N(c2ccc(N(c3nc(-c4ccccc4)nc(-c4cccc5ccccc45)n3)c3ccc4ccccc4c3-c3ccccc3)cc2)c2c(C)cc(C)cc2C)c(C)c1. The van der Waals surface area contributed by atoms with E-state index in [1.807, 2.05) is 18.2 Å². The van der Waals surface area contributed by atoms with Crippen molar-refractivity contribution in [3.8, 4) is 33.9 Å². The Hall–Kier alpha value is -7.89. The highest BCUT2D eigenvalue weighted by molar-refractivity contribution is 6.05. The fraction of sp³-hybridized carbons (Fsp3) is 0.102. The quantitative estimate of drug-likeness (QED) is 0.145. The Labute approximate surface area is 376 Å². The van der Waals surface area contributed by atoms with Gasteiger partial charge in [0.05, 0.1) is 17.1 Å². The lowest BCUT2D eigenvalue weighted by Crippen LogP contribution is -2.18. The van der Waals surface area contributed by atoms with Crippen LogP contribution in [0.1, 0.15) is 33.4 Å². The largest absolute Gasteiger partial charge is 0.309 e. The van der Waals surface area contributed by atoms with Crippen LogP contribution < -0.4 is 9.80 Å². The van der Waals surface area contributed by atoms with E-state index < -0.39 is 0 Å². The number of aromatic nitrogens is 3. The van der Waals surface area contributed by atoms with Gasteiger partial charge in [0.15, 0.2) is 11.6 Å². The molecule has 0 N–H and O–H groups in total. The highest BCUT2D eigenvalue weighted by Gasteiger charge is 2.26. The summed E-state index contributed by atoms with van der Waals surface area (Å²) in [5.74, 6) is 1.72. The number of aryl methyl sites for hydroxylation is 6. The number of anilines is 6. The molecule has 0 bridgehead atoms. The Kier molecular flexibility index (Phi) is 10.5. The predicted octanol–water partition coefficient (Wildman–Crippen LogP) is 16.0. The van der Waals surface area contributed by atoms with Gasteiger partial charge in [-0.2, -0.15) is 9.97 Å². The third-order valence-electron chi connectivity index (χ3n) is 12.2. The highest BCUT2D eigenvalue weighted by Crippen LogP contribution is 2.47. The Balaban J connectivity index is 1.25. The molecule has 9 aromatic carbocycles. The molecule has 5 nitrogen and oxygen atoms in total. The zero-order valence-electron chi connectivity index (χ0n) is 37.1. The Morgan fingerprint density at radius 3 is 1.42 bits per heavy atom. The Bertz CT molecular complexity index is 3230. The van der Waals surface area contributed by atoms with Crippen molar-refractivity contribution < 1.29 is 0 Å². The van der Waals surface area contributed by atoms with Crippen molar-refractivity contribution in [1.29, 1.82) is 0 Å². The van der Waals surface area contributed by atoms with E-state index in [1.54, 1.807) is 0 Å². The molecule has 310 valence electrons. The molecular formula is C59H49N5. The molecule has 0 aliphatic heterocycles. The first-order valence-corrected chi connectivity index (χ1v) is 21.9. The maximum Gasteiger partial charge on any atom is 0.238 e. The lowest BCUT2D eigenvalue weighted by molar-refractivity contribution is 1.02. The van der Waals surface area contributed by atoms with Crippen molar-refractivity contribution in [2.75, 3.05) is 9.80 Å². The fourth-order valence-electron chi connectivity index (χ4n) is 9.61. The van der Waals surface area contributed by atoms with Crippen molar-refractivity contribution in [1.82, 2.24) is 15.0 Å². The van der Waals surface area contributed by atoms with Crippen LogP contribution in [0.4, 0.5) is 34.4 Å². The van der Waals surface area contributed by atoms with Gasteiger partial charge in [0, 0.05) is 28.1 Å². The van der Waals surface area contributed by atoms with Crippen LogP contribution in [0.25, 0.3) is 55.4 Å². The van der Waals surface area contributed by atoms with Gasteiger partial charge in [-0.25, -0.2) is 4.98 Å². The predicted molar refractivity (Wildman–Crippen MR) is 269 cm³/mol. The minimum atomic E-state index is 0.518. The molecule has 0 saturated carbocycles. The molecule has 10 aromatic rings. The third-order valence-corrected chi connectivity index (χ3v) is 12.2. The van der Waals surface area contributed by atoms with Gasteiger partial charge < -0.3 is 4.90 Å². The molecule has 0 radical (unpaired) electrons. The van der Waals surface area contributed by atoms with Gasteiger partial charge in [-0.05, 0) is 121 Å². The summed E-state index contributed by atoms with van der Waals surface area (Å²) < 4.78 is 0. The van der Waals surface area contributed by atoms with Crippen LogP contribution in [-0.2, 0) is 0 Å². The Morgan fingerprint density at radius 1 is 0.359 bits per heavy atom. The number of hydrogen-bond acceptors (Lipinski definition) is 5. The van der Waals surface area contributed by atoms with Gasteiger partial charge in [-0.3, -0.25) is 4.90 Å². The summed E-state index contributed by atoms with van der Waals surface area (Å²) in [5, 5.41) is 4.50. The van der Waals surface area contributed by atoms with Crippen LogP contribution in [0.3, 0.4) is 0 Å². The summed E-state index contributed by atoms with van der Waals surface area (Å²) in [6.07, 6.45) is 0. The summed E-state index contributed by atoms with van der Waals surface area (Å²) in [7, 11) is 0. The van der Waals surface area contributed by atoms with E-state index in [-0.39, 0.29) is 0 Å². The van der Waals surface area contributed by atoms with Crippen molar-refractivity contribution >= 4 is 55.9 Å². The summed E-state index contributed by atoms with van der Waals surface area (Å²) in [5.41, 5.74) is 16.8. The first kappa shape index (κ1) is 40.2. The first-order valence-electron chi connectivity index (χ1n) is 21.9. The third kappa shape index (κ3) is 7.45. The van der Waals surface area contributed by atoms with E-state index in [0.29, 0.717) is 17.6 Å². The van der Waals surface area contributed by atoms with Gasteiger partial charge >= 0.3 is 0 Å². The van der Waals surface area contributed by atoms with Gasteiger partial charge in [0.25, 0.3) is 0 Å². The molecule has 0 spiro atoms. The molecule has 0 unspecified atom stereocenters. The average Bonchev–Trinajstić information content (AvgIpc) is 3.31. The molecule has 0 aliphatic carbocycles. The molecule has 10 rings (SSSR count). The summed E-state index contributed by atoms with van der Waals surface area (Å²) in [6.45, 7) is 13.2. The molecule has 0 aliphatic rings. The van der Waals surface area contributed by atoms with E-state index in [0.717, 1.165) is 60.9 Å². The lowest BCUT2D eigenvalue weighted by atomic mass is 9.95. The van der Waals surface area contributed by atoms with Crippen LogP contribution in [0.5, 0.6) is 0 Å². The van der Waals surface area contributed by atoms with Crippen molar-refractivity contribution in [2.24, 2.45) is 0 Å². The van der Waals surface area contributed by atoms with Gasteiger partial charge in [-0.1, -0.05) is 169 Å². The minimum Gasteiger partial charge on any atom is -0.309 e. The maximum atomic E-state index is 5.46. The van der Waals surface area contributed by atoms with Crippen molar-refractivity contribution in [3.05, 3.63) is 221 Å². The first-order chi connectivity index (χ1) is 31.2. The van der Waals surface area contributed by atoms with E-state index in [9.17, 15) is 0 Å². The standard InChI is InChI=1S/C59H49N5/c1-38-34-40(3)55(41(4)35-38)64(56-42(5)36-39(2)37-43(56)6)49-31-29-48(30-32-49)63(53-33-28-45-19-14-16-26-51(45)54(53)46-20-9-7-10-21-46)59-61-57(47-22-11-8-12-23-47)60-58(62-59)52-27-17-24-44-18-13-15-25-50(44)52/h7-37H,1-6H3. The molecule has 0 atom stereocenters. The van der Waals surface area contributed by atoms with Crippen LogP contribution in [0.2, 0.25) is 0 Å². The monoisotopic (exact) mass is 827 g/mol. The minimum absolute atomic E-state index is 0.518. The average molecular weight is 828 g/mol. The van der Waals surface area contributed by atoms with E-state index in [4.69, 9.17) is 15.0 Å². The van der Waals surface area contributed by atoms with Crippen LogP contribution in [0.15, 0.2) is 188 Å². The number of nitrogens with zero attached hydrogens (tertiary/aromatic N) is 5. The van der Waals surface area contributed by atoms with E-state index in [1.165, 1.54) is 44.8 Å². The summed E-state index contributed by atoms with van der Waals surface area (Å²) >= 11 is 0. The van der Waals surface area contributed by atoms with Gasteiger partial charge in [0.1, 0.15) is 0 Å². The summed E-state index contributed by atoms with van der Waals surface area (Å²) in [4.78, 5) is 20.7. The molecule has 5 heteroatoms. The highest BCUT2D eigenvalue weighted by atomic mass is 15.3. The second-order valence-electron chi connectivity index (χ2n) is 16.9. The molecule has 64 heavy (non-hydrogen) atoms. The van der Waals surface area contributed by atoms with Gasteiger partial charge in [0.2, 0.25) is 5.95 Å². The van der Waals surface area contributed by atoms with Crippen molar-refractivity contribution in [3.63, 3.8) is 0 Å². The second kappa shape index (κ2) is 16.8. The molecule has 1 heterocycles. The smallest absolute Gasteiger partial charge is 0.238 e. The van der Waals surface area contributed by atoms with Crippen molar-refractivity contribution in [2.45, 2.75) is 41.5 Å². The van der Waals surface area contributed by atoms with Crippen LogP contribution in [-0.4, -0.2) is 15.0 Å². The maximum absolute atomic E-state index is 5.46. The molecule has 1 aromatic heterocycles. The van der Waals surface area contributed by atoms with Crippen LogP contribution >= 0.6 is 0 Å². The topological polar surface area (TPSA) is 45.2 Å².